The largest absolute Gasteiger partial charge is 0.477 e. The number of hydrogen-bond donors (Lipinski definition) is 3. The van der Waals surface area contributed by atoms with Crippen LogP contribution in [0, 0.1) is 0 Å². The molecule has 0 aliphatic carbocycles. The zero-order valence-electron chi connectivity index (χ0n) is 11.8. The first-order valence-electron chi connectivity index (χ1n) is 6.44. The second-order valence-electron chi connectivity index (χ2n) is 4.86. The first kappa shape index (κ1) is 14.6. The molecule has 21 heavy (non-hydrogen) atoms. The monoisotopic (exact) mass is 284 g/mol. The molecule has 1 aromatic carbocycles. The highest BCUT2D eigenvalue weighted by atomic mass is 16.4. The van der Waals surface area contributed by atoms with Crippen LogP contribution in [0.5, 0.6) is 0 Å². The van der Waals surface area contributed by atoms with Gasteiger partial charge >= 0.3 is 5.97 Å². The Balaban J connectivity index is 2.36. The fraction of sp³-hybridized carbons (Fsp3) is 0.125. The minimum Gasteiger partial charge on any atom is -0.477 e. The van der Waals surface area contributed by atoms with Gasteiger partial charge in [-0.2, -0.15) is 0 Å². The quantitative estimate of drug-likeness (QED) is 0.755. The number of nitrogens with one attached hydrogen (secondary N) is 2. The third kappa shape index (κ3) is 3.60. The summed E-state index contributed by atoms with van der Waals surface area (Å²) in [5.74, 6) is -1.64. The first-order chi connectivity index (χ1) is 9.97. The average Bonchev–Trinajstić information content (AvgIpc) is 2.80. The molecule has 3 N–H and O–H groups in total. The molecule has 0 aliphatic rings. The maximum Gasteiger partial charge on any atom is 0.352 e. The lowest BCUT2D eigenvalue weighted by Gasteiger charge is -2.03. The third-order valence-electron chi connectivity index (χ3n) is 2.83. The number of carbonyl (C=O) groups is 2. The molecule has 0 saturated heterocycles. The van der Waals surface area contributed by atoms with E-state index < -0.39 is 11.9 Å². The van der Waals surface area contributed by atoms with Crippen molar-refractivity contribution in [1.82, 2.24) is 10.3 Å². The van der Waals surface area contributed by atoms with Crippen LogP contribution < -0.4 is 5.32 Å². The van der Waals surface area contributed by atoms with Gasteiger partial charge in [-0.05, 0) is 26.0 Å². The Morgan fingerprint density at radius 2 is 1.95 bits per heavy atom. The molecular formula is C16H16N2O3. The number of rotatable bonds is 4. The van der Waals surface area contributed by atoms with Crippen molar-refractivity contribution < 1.29 is 14.7 Å². The molecule has 0 atom stereocenters. The van der Waals surface area contributed by atoms with Gasteiger partial charge in [0.05, 0.1) is 0 Å². The number of H-pyrrole nitrogens is 1. The number of benzene rings is 1. The van der Waals surface area contributed by atoms with Crippen molar-refractivity contribution in [2.75, 3.05) is 0 Å². The smallest absolute Gasteiger partial charge is 0.352 e. The number of aromatic amines is 1. The average molecular weight is 284 g/mol. The van der Waals surface area contributed by atoms with E-state index in [2.05, 4.69) is 10.3 Å². The van der Waals surface area contributed by atoms with E-state index in [1.165, 1.54) is 12.2 Å². The molecule has 1 heterocycles. The van der Waals surface area contributed by atoms with Crippen LogP contribution in [0.1, 0.15) is 19.4 Å². The van der Waals surface area contributed by atoms with Gasteiger partial charge < -0.3 is 15.4 Å². The van der Waals surface area contributed by atoms with Crippen LogP contribution in [0.3, 0.4) is 0 Å². The van der Waals surface area contributed by atoms with Gasteiger partial charge in [-0.15, -0.1) is 0 Å². The van der Waals surface area contributed by atoms with Crippen LogP contribution in [0.2, 0.25) is 0 Å². The van der Waals surface area contributed by atoms with Crippen molar-refractivity contribution in [2.24, 2.45) is 0 Å². The van der Waals surface area contributed by atoms with Gasteiger partial charge in [-0.25, -0.2) is 4.79 Å². The second kappa shape index (κ2) is 6.09. The van der Waals surface area contributed by atoms with Crippen LogP contribution in [-0.2, 0) is 9.59 Å². The minimum absolute atomic E-state index is 0.165. The van der Waals surface area contributed by atoms with Crippen LogP contribution in [0.15, 0.2) is 47.8 Å². The Hall–Kier alpha value is -2.82. The molecule has 2 rings (SSSR count). The van der Waals surface area contributed by atoms with E-state index in [0.29, 0.717) is 5.56 Å². The zero-order chi connectivity index (χ0) is 15.4. The molecule has 1 amide bonds. The Bertz CT molecular complexity index is 750. The molecule has 0 bridgehead atoms. The first-order valence-corrected chi connectivity index (χ1v) is 6.44. The van der Waals surface area contributed by atoms with E-state index >= 15 is 0 Å². The lowest BCUT2D eigenvalue weighted by Crippen LogP contribution is -2.25. The Labute approximate surface area is 122 Å². The van der Waals surface area contributed by atoms with Gasteiger partial charge in [-0.3, -0.25) is 4.79 Å². The van der Waals surface area contributed by atoms with Crippen LogP contribution in [-0.4, -0.2) is 22.0 Å². The number of amides is 1. The number of carboxylic acids is 1. The van der Waals surface area contributed by atoms with Crippen LogP contribution >= 0.6 is 0 Å². The van der Waals surface area contributed by atoms with Crippen molar-refractivity contribution in [1.29, 1.82) is 0 Å². The van der Waals surface area contributed by atoms with Crippen LogP contribution in [0.25, 0.3) is 17.0 Å². The van der Waals surface area contributed by atoms with E-state index in [0.717, 1.165) is 16.5 Å². The molecule has 0 spiro atoms. The Kier molecular flexibility index (Phi) is 4.23. The van der Waals surface area contributed by atoms with E-state index in [9.17, 15) is 14.7 Å². The molecule has 0 radical (unpaired) electrons. The van der Waals surface area contributed by atoms with E-state index in [-0.39, 0.29) is 5.70 Å². The lowest BCUT2D eigenvalue weighted by molar-refractivity contribution is -0.134. The summed E-state index contributed by atoms with van der Waals surface area (Å²) in [5.41, 5.74) is 2.25. The highest BCUT2D eigenvalue weighted by molar-refractivity contribution is 6.02. The normalized spacial score (nSPS) is 11.2. The van der Waals surface area contributed by atoms with Gasteiger partial charge in [0.15, 0.2) is 0 Å². The van der Waals surface area contributed by atoms with Crippen molar-refractivity contribution in [3.8, 4) is 0 Å². The van der Waals surface area contributed by atoms with Crippen LogP contribution in [0.4, 0.5) is 0 Å². The molecule has 5 nitrogen and oxygen atoms in total. The zero-order valence-corrected chi connectivity index (χ0v) is 11.8. The Morgan fingerprint density at radius 3 is 2.62 bits per heavy atom. The van der Waals surface area contributed by atoms with E-state index in [4.69, 9.17) is 0 Å². The molecule has 2 aromatic rings. The fourth-order valence-corrected chi connectivity index (χ4v) is 1.95. The van der Waals surface area contributed by atoms with Gasteiger partial charge in [0.2, 0.25) is 5.91 Å². The molecule has 0 fully saturated rings. The standard InChI is InChI=1S/C16H16N2O3/c1-10(2)7-15(19)18-14(16(20)21)8-11-9-17-13-6-4-3-5-12(11)13/h3-9,17H,1-2H3,(H,18,19)(H,20,21)/b14-8-. The number of para-hydroxylation sites is 1. The number of hydrogen-bond acceptors (Lipinski definition) is 2. The maximum atomic E-state index is 11.7. The molecule has 0 unspecified atom stereocenters. The predicted octanol–water partition coefficient (Wildman–Crippen LogP) is 2.68. The highest BCUT2D eigenvalue weighted by Crippen LogP contribution is 2.19. The number of aromatic nitrogens is 1. The molecule has 1 aromatic heterocycles. The van der Waals surface area contributed by atoms with Gasteiger partial charge in [-0.1, -0.05) is 23.8 Å². The summed E-state index contributed by atoms with van der Waals surface area (Å²) in [4.78, 5) is 26.0. The Morgan fingerprint density at radius 1 is 1.24 bits per heavy atom. The number of carbonyl (C=O) groups excluding carboxylic acids is 1. The van der Waals surface area contributed by atoms with Gasteiger partial charge in [0.1, 0.15) is 5.70 Å². The topological polar surface area (TPSA) is 82.2 Å². The highest BCUT2D eigenvalue weighted by Gasteiger charge is 2.11. The van der Waals surface area contributed by atoms with Gasteiger partial charge in [0, 0.05) is 28.7 Å². The summed E-state index contributed by atoms with van der Waals surface area (Å²) in [6.07, 6.45) is 4.50. The van der Waals surface area contributed by atoms with Crippen molar-refractivity contribution in [2.45, 2.75) is 13.8 Å². The molecule has 5 heteroatoms. The maximum absolute atomic E-state index is 11.7. The molecular weight excluding hydrogens is 268 g/mol. The molecule has 0 aliphatic heterocycles. The van der Waals surface area contributed by atoms with Gasteiger partial charge in [0.25, 0.3) is 0 Å². The molecule has 0 saturated carbocycles. The number of fused-ring (bicyclic) bond motifs is 1. The fourth-order valence-electron chi connectivity index (χ4n) is 1.95. The summed E-state index contributed by atoms with van der Waals surface area (Å²) in [6.45, 7) is 3.53. The van der Waals surface area contributed by atoms with Crippen molar-refractivity contribution >= 4 is 28.9 Å². The SMILES string of the molecule is CC(C)=CC(=O)N/C(=C\c1c[nH]c2ccccc12)C(=O)O. The summed E-state index contributed by atoms with van der Waals surface area (Å²) in [5, 5.41) is 12.5. The van der Waals surface area contributed by atoms with E-state index in [1.807, 2.05) is 24.3 Å². The van der Waals surface area contributed by atoms with Crippen molar-refractivity contribution in [3.63, 3.8) is 0 Å². The predicted molar refractivity (Wildman–Crippen MR) is 81.5 cm³/mol. The summed E-state index contributed by atoms with van der Waals surface area (Å²) in [7, 11) is 0. The van der Waals surface area contributed by atoms with Crippen molar-refractivity contribution in [3.05, 3.63) is 53.4 Å². The number of allylic oxidation sites excluding steroid dienone is 1. The third-order valence-corrected chi connectivity index (χ3v) is 2.83. The van der Waals surface area contributed by atoms with E-state index in [1.54, 1.807) is 20.0 Å². The number of carboxylic acid groups (broad SMARTS) is 1. The lowest BCUT2D eigenvalue weighted by atomic mass is 10.1. The summed E-state index contributed by atoms with van der Waals surface area (Å²) < 4.78 is 0. The molecule has 108 valence electrons. The second-order valence-corrected chi connectivity index (χ2v) is 4.86. The number of aliphatic carboxylic acids is 1. The summed E-state index contributed by atoms with van der Waals surface area (Å²) >= 11 is 0. The minimum atomic E-state index is -1.18. The summed E-state index contributed by atoms with van der Waals surface area (Å²) in [6, 6.07) is 7.54.